The molecule has 0 radical (unpaired) electrons. The summed E-state index contributed by atoms with van der Waals surface area (Å²) >= 11 is 0. The predicted molar refractivity (Wildman–Crippen MR) is 332 cm³/mol. The van der Waals surface area contributed by atoms with Gasteiger partial charge >= 0.3 is 0 Å². The third kappa shape index (κ3) is 37.9. The van der Waals surface area contributed by atoms with Crippen LogP contribution in [0.25, 0.3) is 0 Å². The molecule has 14 heteroatoms. The van der Waals surface area contributed by atoms with E-state index in [1.54, 1.807) is 0 Å². The Kier molecular flexibility index (Phi) is 50.1. The van der Waals surface area contributed by atoms with Crippen LogP contribution in [-0.2, 0) is 23.7 Å². The van der Waals surface area contributed by atoms with Gasteiger partial charge in [0.15, 0.2) is 12.6 Å². The molecule has 0 aromatic heterocycles. The summed E-state index contributed by atoms with van der Waals surface area (Å²) in [7, 11) is 0. The largest absolute Gasteiger partial charge is 0.394 e. The summed E-state index contributed by atoms with van der Waals surface area (Å²) in [4.78, 5) is 13.3. The summed E-state index contributed by atoms with van der Waals surface area (Å²) < 4.78 is 22.9. The van der Waals surface area contributed by atoms with Crippen LogP contribution in [0.15, 0.2) is 24.3 Å². The number of nitrogens with one attached hydrogen (secondary N) is 1. The molecular formula is C68H129NO13. The average molecular weight is 1170 g/mol. The molecule has 2 aliphatic heterocycles. The first-order valence-electron chi connectivity index (χ1n) is 34.6. The number of aliphatic hydroxyl groups excluding tert-OH is 8. The van der Waals surface area contributed by atoms with E-state index in [1.165, 1.54) is 218 Å². The second-order valence-electron chi connectivity index (χ2n) is 24.7. The molecule has 2 heterocycles. The summed E-state index contributed by atoms with van der Waals surface area (Å²) in [5.41, 5.74) is 0. The second-order valence-corrected chi connectivity index (χ2v) is 24.7. The van der Waals surface area contributed by atoms with E-state index in [-0.39, 0.29) is 12.5 Å². The van der Waals surface area contributed by atoms with Crippen LogP contribution in [-0.4, -0.2) is 140 Å². The third-order valence-electron chi connectivity index (χ3n) is 17.2. The van der Waals surface area contributed by atoms with Gasteiger partial charge in [-0.15, -0.1) is 0 Å². The van der Waals surface area contributed by atoms with Crippen molar-refractivity contribution in [3.8, 4) is 0 Å². The highest BCUT2D eigenvalue weighted by atomic mass is 16.7. The standard InChI is InChI=1S/C68H129NO13/c1-3-5-7-9-11-13-15-17-19-21-23-24-25-26-27-28-29-30-31-32-34-35-37-39-41-43-45-47-49-51-57(72)56(69-60(73)52-50-48-46-44-42-40-38-36-33-22-20-18-16-14-12-10-8-6-4-2)55-79-67-65(78)63(76)66(59(54-71)81-67)82-68-64(77)62(75)61(74)58(53-70)80-68/h12,14,18,20,56-59,61-68,70-72,74-78H,3-11,13,15-17,19,21-55H2,1-2H3,(H,69,73)/b14-12-,20-18-. The number of carbonyl (C=O) groups is 1. The molecule has 82 heavy (non-hydrogen) atoms. The van der Waals surface area contributed by atoms with E-state index in [0.29, 0.717) is 12.8 Å². The lowest BCUT2D eigenvalue weighted by molar-refractivity contribution is -0.359. The van der Waals surface area contributed by atoms with Crippen LogP contribution in [0, 0.1) is 0 Å². The first kappa shape index (κ1) is 76.6. The molecule has 0 aliphatic carbocycles. The Hall–Kier alpha value is -1.53. The number of ether oxygens (including phenoxy) is 4. The molecule has 0 aromatic carbocycles. The highest BCUT2D eigenvalue weighted by Crippen LogP contribution is 2.30. The van der Waals surface area contributed by atoms with Gasteiger partial charge in [0.1, 0.15) is 48.8 Å². The molecule has 2 aliphatic rings. The maximum absolute atomic E-state index is 13.3. The highest BCUT2D eigenvalue weighted by molar-refractivity contribution is 5.76. The number of hydrogen-bond donors (Lipinski definition) is 9. The van der Waals surface area contributed by atoms with Gasteiger partial charge in [-0.2, -0.15) is 0 Å². The van der Waals surface area contributed by atoms with Crippen molar-refractivity contribution >= 4 is 5.91 Å². The maximum Gasteiger partial charge on any atom is 0.220 e. The molecule has 0 spiro atoms. The zero-order valence-electron chi connectivity index (χ0n) is 52.5. The number of aliphatic hydroxyl groups is 8. The molecular weight excluding hydrogens is 1040 g/mol. The normalized spacial score (nSPS) is 24.0. The zero-order chi connectivity index (χ0) is 59.5. The van der Waals surface area contributed by atoms with Crippen LogP contribution in [0.2, 0.25) is 0 Å². The van der Waals surface area contributed by atoms with Crippen molar-refractivity contribution in [3.63, 3.8) is 0 Å². The number of amides is 1. The lowest BCUT2D eigenvalue weighted by Gasteiger charge is -2.46. The number of unbranched alkanes of at least 4 members (excludes halogenated alkanes) is 40. The highest BCUT2D eigenvalue weighted by Gasteiger charge is 2.51. The van der Waals surface area contributed by atoms with Crippen molar-refractivity contribution in [2.45, 2.75) is 383 Å². The van der Waals surface area contributed by atoms with E-state index < -0.39 is 86.8 Å². The molecule has 2 fully saturated rings. The lowest BCUT2D eigenvalue weighted by atomic mass is 9.97. The first-order chi connectivity index (χ1) is 40.1. The van der Waals surface area contributed by atoms with Crippen LogP contribution in [0.4, 0.5) is 0 Å². The molecule has 12 unspecified atom stereocenters. The Morgan fingerprint density at radius 2 is 0.805 bits per heavy atom. The van der Waals surface area contributed by atoms with E-state index >= 15 is 0 Å². The quantitative estimate of drug-likeness (QED) is 0.0204. The average Bonchev–Trinajstić information content (AvgIpc) is 3.67. The Balaban J connectivity index is 1.66. The second kappa shape index (κ2) is 53.7. The van der Waals surface area contributed by atoms with Gasteiger partial charge in [0, 0.05) is 6.42 Å². The molecule has 0 saturated carbocycles. The number of allylic oxidation sites excluding steroid dienone is 4. The van der Waals surface area contributed by atoms with Crippen molar-refractivity contribution in [2.24, 2.45) is 0 Å². The molecule has 12 atom stereocenters. The van der Waals surface area contributed by atoms with Crippen LogP contribution >= 0.6 is 0 Å². The fraction of sp³-hybridized carbons (Fsp3) is 0.926. The molecule has 1 amide bonds. The number of rotatable bonds is 57. The minimum atomic E-state index is -1.78. The van der Waals surface area contributed by atoms with Crippen molar-refractivity contribution in [1.29, 1.82) is 0 Å². The van der Waals surface area contributed by atoms with Gasteiger partial charge in [0.25, 0.3) is 0 Å². The van der Waals surface area contributed by atoms with Gasteiger partial charge in [-0.3, -0.25) is 4.79 Å². The fourth-order valence-corrected chi connectivity index (χ4v) is 11.6. The van der Waals surface area contributed by atoms with Gasteiger partial charge in [0.05, 0.1) is 32.0 Å². The maximum atomic E-state index is 13.3. The first-order valence-corrected chi connectivity index (χ1v) is 34.6. The van der Waals surface area contributed by atoms with E-state index in [1.807, 2.05) is 0 Å². The van der Waals surface area contributed by atoms with Crippen LogP contribution in [0.3, 0.4) is 0 Å². The van der Waals surface area contributed by atoms with E-state index in [9.17, 15) is 45.6 Å². The Bertz CT molecular complexity index is 1470. The predicted octanol–water partition coefficient (Wildman–Crippen LogP) is 13.6. The van der Waals surface area contributed by atoms with Crippen LogP contribution in [0.5, 0.6) is 0 Å². The minimum absolute atomic E-state index is 0.207. The zero-order valence-corrected chi connectivity index (χ0v) is 52.5. The number of hydrogen-bond acceptors (Lipinski definition) is 13. The SMILES string of the molecule is CCCCC/C=C\C/C=C\CCCCCCCCCCCC(=O)NC(COC1OC(CO)C(OC2OC(CO)C(O)C(O)C2O)C(O)C1O)C(O)CCCCCCCCCCCCCCCCCCCCCCCCCCCCCCC. The van der Waals surface area contributed by atoms with E-state index in [0.717, 1.165) is 64.2 Å². The summed E-state index contributed by atoms with van der Waals surface area (Å²) in [5, 5.41) is 87.5. The molecule has 14 nitrogen and oxygen atoms in total. The number of carbonyl (C=O) groups excluding carboxylic acids is 1. The summed E-state index contributed by atoms with van der Waals surface area (Å²) in [6.07, 6.45) is 49.0. The van der Waals surface area contributed by atoms with Crippen molar-refractivity contribution < 1.29 is 64.6 Å². The van der Waals surface area contributed by atoms with Gasteiger partial charge in [-0.1, -0.05) is 282 Å². The smallest absolute Gasteiger partial charge is 0.220 e. The van der Waals surface area contributed by atoms with Gasteiger partial charge in [-0.05, 0) is 44.9 Å². The van der Waals surface area contributed by atoms with Crippen LogP contribution in [0.1, 0.15) is 309 Å². The van der Waals surface area contributed by atoms with Crippen molar-refractivity contribution in [1.82, 2.24) is 5.32 Å². The van der Waals surface area contributed by atoms with Crippen LogP contribution < -0.4 is 5.32 Å². The van der Waals surface area contributed by atoms with Crippen molar-refractivity contribution in [2.75, 3.05) is 19.8 Å². The van der Waals surface area contributed by atoms with Crippen molar-refractivity contribution in [3.05, 3.63) is 24.3 Å². The van der Waals surface area contributed by atoms with Gasteiger partial charge in [0.2, 0.25) is 5.91 Å². The molecule has 0 bridgehead atoms. The van der Waals surface area contributed by atoms with E-state index in [4.69, 9.17) is 18.9 Å². The lowest BCUT2D eigenvalue weighted by Crippen LogP contribution is -2.65. The molecule has 2 saturated heterocycles. The van der Waals surface area contributed by atoms with E-state index in [2.05, 4.69) is 43.5 Å². The summed E-state index contributed by atoms with van der Waals surface area (Å²) in [5.74, 6) is -0.207. The Morgan fingerprint density at radius 3 is 1.24 bits per heavy atom. The molecule has 9 N–H and O–H groups in total. The summed E-state index contributed by atoms with van der Waals surface area (Å²) in [6.45, 7) is 2.88. The molecule has 0 aromatic rings. The topological polar surface area (TPSA) is 228 Å². The third-order valence-corrected chi connectivity index (χ3v) is 17.2. The van der Waals surface area contributed by atoms with Gasteiger partial charge < -0.3 is 65.1 Å². The van der Waals surface area contributed by atoms with Gasteiger partial charge in [-0.25, -0.2) is 0 Å². The summed E-state index contributed by atoms with van der Waals surface area (Å²) in [6, 6.07) is -0.831. The molecule has 2 rings (SSSR count). The fourth-order valence-electron chi connectivity index (χ4n) is 11.6. The molecule has 484 valence electrons. The minimum Gasteiger partial charge on any atom is -0.394 e. The Labute approximate surface area is 500 Å². The monoisotopic (exact) mass is 1170 g/mol. The Morgan fingerprint density at radius 1 is 0.439 bits per heavy atom.